The molecule has 29 heavy (non-hydrogen) atoms. The van der Waals surface area contributed by atoms with Crippen LogP contribution in [0.25, 0.3) is 0 Å². The van der Waals surface area contributed by atoms with Gasteiger partial charge in [-0.25, -0.2) is 0 Å². The van der Waals surface area contributed by atoms with E-state index in [4.69, 9.17) is 4.52 Å². The van der Waals surface area contributed by atoms with Gasteiger partial charge in [-0.1, -0.05) is 56.1 Å². The summed E-state index contributed by atoms with van der Waals surface area (Å²) in [6.45, 7) is 9.01. The molecule has 158 valence electrons. The third kappa shape index (κ3) is 6.89. The van der Waals surface area contributed by atoms with Gasteiger partial charge in [0.2, 0.25) is 0 Å². The molecule has 1 aromatic carbocycles. The van der Waals surface area contributed by atoms with Gasteiger partial charge in [0.05, 0.1) is 12.2 Å². The van der Waals surface area contributed by atoms with E-state index in [0.29, 0.717) is 12.5 Å². The SMILES string of the molecule is CN=C(NCc1cccc(CN2CCCCCC2)c1)NCc1cc(C(C)C)no1. The average molecular weight is 398 g/mol. The number of hydrogen-bond acceptors (Lipinski definition) is 4. The molecule has 0 radical (unpaired) electrons. The van der Waals surface area contributed by atoms with E-state index >= 15 is 0 Å². The maximum absolute atomic E-state index is 5.38. The van der Waals surface area contributed by atoms with Gasteiger partial charge < -0.3 is 15.2 Å². The molecule has 1 aliphatic rings. The first-order valence-electron chi connectivity index (χ1n) is 10.8. The van der Waals surface area contributed by atoms with Crippen LogP contribution in [-0.2, 0) is 19.6 Å². The van der Waals surface area contributed by atoms with Gasteiger partial charge in [0, 0.05) is 26.2 Å². The smallest absolute Gasteiger partial charge is 0.191 e. The largest absolute Gasteiger partial charge is 0.359 e. The maximum atomic E-state index is 5.38. The number of likely N-dealkylation sites (tertiary alicyclic amines) is 1. The summed E-state index contributed by atoms with van der Waals surface area (Å²) >= 11 is 0. The summed E-state index contributed by atoms with van der Waals surface area (Å²) in [6, 6.07) is 10.9. The molecular weight excluding hydrogens is 362 g/mol. The van der Waals surface area contributed by atoms with Crippen LogP contribution in [0.15, 0.2) is 39.8 Å². The van der Waals surface area contributed by atoms with Crippen molar-refractivity contribution in [1.29, 1.82) is 0 Å². The second-order valence-corrected chi connectivity index (χ2v) is 8.16. The number of benzene rings is 1. The van der Waals surface area contributed by atoms with Crippen LogP contribution >= 0.6 is 0 Å². The van der Waals surface area contributed by atoms with Crippen molar-refractivity contribution in [3.05, 3.63) is 52.9 Å². The van der Waals surface area contributed by atoms with Crippen LogP contribution in [0.3, 0.4) is 0 Å². The summed E-state index contributed by atoms with van der Waals surface area (Å²) in [5.41, 5.74) is 3.63. The summed E-state index contributed by atoms with van der Waals surface area (Å²) < 4.78 is 5.38. The second kappa shape index (κ2) is 11.0. The number of hydrogen-bond donors (Lipinski definition) is 2. The minimum absolute atomic E-state index is 0.367. The lowest BCUT2D eigenvalue weighted by Crippen LogP contribution is -2.36. The number of nitrogens with one attached hydrogen (secondary N) is 2. The number of aliphatic imine (C=N–C) groups is 1. The molecule has 6 heteroatoms. The van der Waals surface area contributed by atoms with Crippen molar-refractivity contribution in [2.75, 3.05) is 20.1 Å². The Kier molecular flexibility index (Phi) is 8.11. The molecule has 0 unspecified atom stereocenters. The minimum Gasteiger partial charge on any atom is -0.359 e. The van der Waals surface area contributed by atoms with Crippen LogP contribution in [0.4, 0.5) is 0 Å². The molecule has 2 aromatic rings. The number of nitrogens with zero attached hydrogens (tertiary/aromatic N) is 3. The lowest BCUT2D eigenvalue weighted by atomic mass is 10.1. The number of aromatic nitrogens is 1. The molecule has 0 spiro atoms. The average Bonchev–Trinajstić information content (AvgIpc) is 3.06. The molecule has 0 amide bonds. The van der Waals surface area contributed by atoms with Gasteiger partial charge in [0.1, 0.15) is 0 Å². The lowest BCUT2D eigenvalue weighted by Gasteiger charge is -2.20. The summed E-state index contributed by atoms with van der Waals surface area (Å²) in [4.78, 5) is 6.90. The van der Waals surface area contributed by atoms with Gasteiger partial charge >= 0.3 is 0 Å². The highest BCUT2D eigenvalue weighted by Gasteiger charge is 2.10. The molecule has 0 bridgehead atoms. The van der Waals surface area contributed by atoms with E-state index in [1.165, 1.54) is 49.9 Å². The second-order valence-electron chi connectivity index (χ2n) is 8.16. The summed E-state index contributed by atoms with van der Waals surface area (Å²) in [7, 11) is 1.78. The standard InChI is InChI=1S/C23H35N5O/c1-18(2)22-14-21(29-27-22)16-26-23(24-3)25-15-19-9-8-10-20(13-19)17-28-11-6-4-5-7-12-28/h8-10,13-14,18H,4-7,11-12,15-17H2,1-3H3,(H2,24,25,26). The van der Waals surface area contributed by atoms with E-state index in [1.807, 2.05) is 6.07 Å². The van der Waals surface area contributed by atoms with Crippen LogP contribution in [0.2, 0.25) is 0 Å². The third-order valence-corrected chi connectivity index (χ3v) is 5.38. The molecule has 0 saturated carbocycles. The van der Waals surface area contributed by atoms with Crippen molar-refractivity contribution in [1.82, 2.24) is 20.7 Å². The highest BCUT2D eigenvalue weighted by molar-refractivity contribution is 5.79. The van der Waals surface area contributed by atoms with Gasteiger partial charge in [-0.15, -0.1) is 0 Å². The number of rotatable bonds is 7. The first-order chi connectivity index (χ1) is 14.1. The Morgan fingerprint density at radius 1 is 1.07 bits per heavy atom. The highest BCUT2D eigenvalue weighted by Crippen LogP contribution is 2.15. The van der Waals surface area contributed by atoms with Crippen LogP contribution in [-0.4, -0.2) is 36.2 Å². The van der Waals surface area contributed by atoms with Gasteiger partial charge in [-0.3, -0.25) is 9.89 Å². The fourth-order valence-electron chi connectivity index (χ4n) is 3.65. The Hall–Kier alpha value is -2.34. The van der Waals surface area contributed by atoms with E-state index in [1.54, 1.807) is 7.05 Å². The molecular formula is C23H35N5O. The van der Waals surface area contributed by atoms with E-state index in [9.17, 15) is 0 Å². The summed E-state index contributed by atoms with van der Waals surface area (Å²) in [5.74, 6) is 1.94. The van der Waals surface area contributed by atoms with Gasteiger partial charge in [0.15, 0.2) is 11.7 Å². The fourth-order valence-corrected chi connectivity index (χ4v) is 3.65. The van der Waals surface area contributed by atoms with Crippen LogP contribution in [0, 0.1) is 0 Å². The van der Waals surface area contributed by atoms with Crippen molar-refractivity contribution < 1.29 is 4.52 Å². The molecule has 2 heterocycles. The first kappa shape index (κ1) is 21.4. The zero-order chi connectivity index (χ0) is 20.5. The zero-order valence-electron chi connectivity index (χ0n) is 18.1. The Bertz CT molecular complexity index is 775. The van der Waals surface area contributed by atoms with Crippen molar-refractivity contribution in [2.45, 2.75) is 65.1 Å². The van der Waals surface area contributed by atoms with Crippen molar-refractivity contribution in [2.24, 2.45) is 4.99 Å². The van der Waals surface area contributed by atoms with Crippen molar-refractivity contribution in [3.63, 3.8) is 0 Å². The molecule has 2 N–H and O–H groups in total. The monoisotopic (exact) mass is 397 g/mol. The van der Waals surface area contributed by atoms with Crippen LogP contribution in [0.5, 0.6) is 0 Å². The Morgan fingerprint density at radius 2 is 1.79 bits per heavy atom. The van der Waals surface area contributed by atoms with E-state index in [0.717, 1.165) is 30.5 Å². The third-order valence-electron chi connectivity index (χ3n) is 5.38. The van der Waals surface area contributed by atoms with E-state index in [2.05, 4.69) is 63.8 Å². The van der Waals surface area contributed by atoms with Gasteiger partial charge in [-0.05, 0) is 43.0 Å². The van der Waals surface area contributed by atoms with E-state index in [-0.39, 0.29) is 0 Å². The van der Waals surface area contributed by atoms with Crippen molar-refractivity contribution >= 4 is 5.96 Å². The van der Waals surface area contributed by atoms with Gasteiger partial charge in [-0.2, -0.15) is 0 Å². The Balaban J connectivity index is 1.48. The van der Waals surface area contributed by atoms with Crippen LogP contribution in [0.1, 0.15) is 68.0 Å². The lowest BCUT2D eigenvalue weighted by molar-refractivity contribution is 0.277. The molecule has 1 aliphatic heterocycles. The van der Waals surface area contributed by atoms with E-state index < -0.39 is 0 Å². The highest BCUT2D eigenvalue weighted by atomic mass is 16.5. The number of guanidine groups is 1. The van der Waals surface area contributed by atoms with Crippen LogP contribution < -0.4 is 10.6 Å². The molecule has 1 saturated heterocycles. The van der Waals surface area contributed by atoms with Gasteiger partial charge in [0.25, 0.3) is 0 Å². The first-order valence-corrected chi connectivity index (χ1v) is 10.8. The topological polar surface area (TPSA) is 65.7 Å². The summed E-state index contributed by atoms with van der Waals surface area (Å²) in [6.07, 6.45) is 5.40. The molecule has 6 nitrogen and oxygen atoms in total. The predicted molar refractivity (Wildman–Crippen MR) is 118 cm³/mol. The zero-order valence-corrected chi connectivity index (χ0v) is 18.1. The quantitative estimate of drug-likeness (QED) is 0.545. The molecule has 3 rings (SSSR count). The normalized spacial score (nSPS) is 16.1. The summed E-state index contributed by atoms with van der Waals surface area (Å²) in [5, 5.41) is 10.8. The molecule has 0 aliphatic carbocycles. The Labute approximate surface area is 174 Å². The maximum Gasteiger partial charge on any atom is 0.191 e. The fraction of sp³-hybridized carbons (Fsp3) is 0.565. The van der Waals surface area contributed by atoms with Crippen molar-refractivity contribution in [3.8, 4) is 0 Å². The molecule has 0 atom stereocenters. The predicted octanol–water partition coefficient (Wildman–Crippen LogP) is 4.04. The Morgan fingerprint density at radius 3 is 2.48 bits per heavy atom. The molecule has 1 fully saturated rings. The minimum atomic E-state index is 0.367. The molecule has 1 aromatic heterocycles.